The summed E-state index contributed by atoms with van der Waals surface area (Å²) in [5, 5.41) is 8.10. The fraction of sp³-hybridized carbons (Fsp3) is 0.278. The molecular weight excluding hydrogens is 416 g/mol. The van der Waals surface area contributed by atoms with E-state index in [4.69, 9.17) is 0 Å². The van der Waals surface area contributed by atoms with Crippen molar-refractivity contribution in [2.45, 2.75) is 31.5 Å². The molecule has 8 heteroatoms. The van der Waals surface area contributed by atoms with Crippen molar-refractivity contribution in [3.05, 3.63) is 58.8 Å². The second-order valence-electron chi connectivity index (χ2n) is 5.80. The molecule has 0 saturated carbocycles. The topological polar surface area (TPSA) is 77.7 Å². The van der Waals surface area contributed by atoms with E-state index in [2.05, 4.69) is 31.1 Å². The first kappa shape index (κ1) is 18.7. The predicted octanol–water partition coefficient (Wildman–Crippen LogP) is 3.53. The number of benzene rings is 1. The van der Waals surface area contributed by atoms with Crippen LogP contribution < -0.4 is 0 Å². The Morgan fingerprint density at radius 1 is 1.08 bits per heavy atom. The molecule has 0 spiro atoms. The Morgan fingerprint density at radius 3 is 2.50 bits per heavy atom. The minimum Gasteiger partial charge on any atom is -0.298 e. The second-order valence-corrected chi connectivity index (χ2v) is 8.66. The van der Waals surface area contributed by atoms with Gasteiger partial charge in [0.1, 0.15) is 0 Å². The van der Waals surface area contributed by atoms with Crippen molar-refractivity contribution >= 4 is 25.8 Å². The first-order chi connectivity index (χ1) is 12.5. The van der Waals surface area contributed by atoms with Crippen LogP contribution in [0.2, 0.25) is 0 Å². The summed E-state index contributed by atoms with van der Waals surface area (Å²) in [5.41, 5.74) is 1.89. The molecule has 0 unspecified atom stereocenters. The van der Waals surface area contributed by atoms with E-state index in [1.807, 2.05) is 31.2 Å². The highest BCUT2D eigenvalue weighted by Crippen LogP contribution is 2.22. The zero-order chi connectivity index (χ0) is 18.6. The summed E-state index contributed by atoms with van der Waals surface area (Å²) in [6.45, 7) is 2.36. The third-order valence-corrected chi connectivity index (χ3v) is 6.52. The van der Waals surface area contributed by atoms with Crippen molar-refractivity contribution in [2.24, 2.45) is 0 Å². The number of halogens is 1. The summed E-state index contributed by atoms with van der Waals surface area (Å²) in [6.07, 6.45) is 4.50. The quantitative estimate of drug-likeness (QED) is 0.568. The van der Waals surface area contributed by atoms with Crippen LogP contribution in [0.15, 0.2) is 58.4 Å². The number of aromatic nitrogens is 4. The first-order valence-corrected chi connectivity index (χ1v) is 10.8. The fourth-order valence-corrected chi connectivity index (χ4v) is 4.67. The molecule has 0 saturated heterocycles. The second kappa shape index (κ2) is 8.09. The number of aryl methyl sites for hydroxylation is 1. The van der Waals surface area contributed by atoms with Crippen LogP contribution in [0.3, 0.4) is 0 Å². The standard InChI is InChI=1S/C18H19BrN4O2S/c1-2-23-17(15-9-11-20-12-10-15)21-22-18(23)26(24,25)13-5-7-14-6-3-4-8-16(14)19/h3-4,6,8-12H,2,5,7,13H2,1H3. The molecule has 0 fully saturated rings. The lowest BCUT2D eigenvalue weighted by Crippen LogP contribution is -2.15. The summed E-state index contributed by atoms with van der Waals surface area (Å²) in [5.74, 6) is 0.572. The van der Waals surface area contributed by atoms with Gasteiger partial charge in [0.25, 0.3) is 0 Å². The van der Waals surface area contributed by atoms with Crippen LogP contribution in [0.25, 0.3) is 11.4 Å². The summed E-state index contributed by atoms with van der Waals surface area (Å²) >= 11 is 3.49. The van der Waals surface area contributed by atoms with Crippen LogP contribution in [-0.2, 0) is 22.8 Å². The molecule has 2 heterocycles. The lowest BCUT2D eigenvalue weighted by Gasteiger charge is -2.09. The third kappa shape index (κ3) is 4.02. The van der Waals surface area contributed by atoms with Crippen LogP contribution in [0.4, 0.5) is 0 Å². The SMILES string of the molecule is CCn1c(-c2ccncc2)nnc1S(=O)(=O)CCCc1ccccc1Br. The molecule has 26 heavy (non-hydrogen) atoms. The highest BCUT2D eigenvalue weighted by Gasteiger charge is 2.24. The Hall–Kier alpha value is -2.06. The lowest BCUT2D eigenvalue weighted by molar-refractivity contribution is 0.566. The van der Waals surface area contributed by atoms with Gasteiger partial charge in [-0.15, -0.1) is 10.2 Å². The largest absolute Gasteiger partial charge is 0.298 e. The van der Waals surface area contributed by atoms with Crippen molar-refractivity contribution in [3.8, 4) is 11.4 Å². The summed E-state index contributed by atoms with van der Waals surface area (Å²) in [7, 11) is -3.51. The van der Waals surface area contributed by atoms with Crippen molar-refractivity contribution < 1.29 is 8.42 Å². The van der Waals surface area contributed by atoms with E-state index in [-0.39, 0.29) is 10.9 Å². The van der Waals surface area contributed by atoms with E-state index in [9.17, 15) is 8.42 Å². The van der Waals surface area contributed by atoms with E-state index < -0.39 is 9.84 Å². The first-order valence-electron chi connectivity index (χ1n) is 8.32. The van der Waals surface area contributed by atoms with Gasteiger partial charge in [-0.1, -0.05) is 34.1 Å². The summed E-state index contributed by atoms with van der Waals surface area (Å²) in [6, 6.07) is 11.4. The average molecular weight is 435 g/mol. The van der Waals surface area contributed by atoms with Gasteiger partial charge < -0.3 is 0 Å². The van der Waals surface area contributed by atoms with Gasteiger partial charge in [-0.05, 0) is 43.5 Å². The van der Waals surface area contributed by atoms with Crippen molar-refractivity contribution in [2.75, 3.05) is 5.75 Å². The van der Waals surface area contributed by atoms with Gasteiger partial charge in [-0.2, -0.15) is 0 Å². The molecular formula is C18H19BrN4O2S. The molecule has 0 atom stereocenters. The van der Waals surface area contributed by atoms with Gasteiger partial charge in [0.05, 0.1) is 5.75 Å². The molecule has 0 aliphatic rings. The molecule has 1 aromatic carbocycles. The number of hydrogen-bond acceptors (Lipinski definition) is 5. The van der Waals surface area contributed by atoms with Crippen LogP contribution in [-0.4, -0.2) is 33.9 Å². The normalized spacial score (nSPS) is 11.6. The number of sulfone groups is 1. The summed E-state index contributed by atoms with van der Waals surface area (Å²) < 4.78 is 28.2. The van der Waals surface area contributed by atoms with Crippen LogP contribution in [0.5, 0.6) is 0 Å². The maximum absolute atomic E-state index is 12.8. The molecule has 0 aliphatic heterocycles. The maximum atomic E-state index is 12.8. The molecule has 6 nitrogen and oxygen atoms in total. The Bertz CT molecular complexity index is 987. The molecule has 0 N–H and O–H groups in total. The smallest absolute Gasteiger partial charge is 0.249 e. The number of hydrogen-bond donors (Lipinski definition) is 0. The van der Waals surface area contributed by atoms with Gasteiger partial charge in [0.2, 0.25) is 15.0 Å². The van der Waals surface area contributed by atoms with Crippen molar-refractivity contribution in [1.82, 2.24) is 19.7 Å². The zero-order valence-corrected chi connectivity index (χ0v) is 16.7. The third-order valence-electron chi connectivity index (χ3n) is 4.07. The number of rotatable bonds is 7. The fourth-order valence-electron chi connectivity index (χ4n) is 2.76. The van der Waals surface area contributed by atoms with E-state index in [0.29, 0.717) is 25.2 Å². The Kier molecular flexibility index (Phi) is 5.83. The molecule has 0 aliphatic carbocycles. The van der Waals surface area contributed by atoms with Gasteiger partial charge in [-0.25, -0.2) is 8.42 Å². The van der Waals surface area contributed by atoms with E-state index in [0.717, 1.165) is 15.6 Å². The van der Waals surface area contributed by atoms with Crippen LogP contribution in [0.1, 0.15) is 18.9 Å². The number of nitrogens with zero attached hydrogens (tertiary/aromatic N) is 4. The van der Waals surface area contributed by atoms with Gasteiger partial charge in [0, 0.05) is 29.0 Å². The Morgan fingerprint density at radius 2 is 1.81 bits per heavy atom. The molecule has 0 bridgehead atoms. The average Bonchev–Trinajstić information content (AvgIpc) is 3.09. The molecule has 0 amide bonds. The molecule has 2 aromatic heterocycles. The molecule has 136 valence electrons. The van der Waals surface area contributed by atoms with E-state index >= 15 is 0 Å². The maximum Gasteiger partial charge on any atom is 0.249 e. The number of pyridine rings is 1. The minimum absolute atomic E-state index is 0.0268. The lowest BCUT2D eigenvalue weighted by atomic mass is 10.1. The van der Waals surface area contributed by atoms with Gasteiger partial charge in [-0.3, -0.25) is 9.55 Å². The van der Waals surface area contributed by atoms with Crippen LogP contribution in [0, 0.1) is 0 Å². The van der Waals surface area contributed by atoms with E-state index in [1.54, 1.807) is 29.1 Å². The molecule has 3 rings (SSSR count). The Balaban J connectivity index is 1.79. The zero-order valence-electron chi connectivity index (χ0n) is 14.3. The highest BCUT2D eigenvalue weighted by molar-refractivity contribution is 9.10. The highest BCUT2D eigenvalue weighted by atomic mass is 79.9. The van der Waals surface area contributed by atoms with Gasteiger partial charge in [0.15, 0.2) is 5.82 Å². The minimum atomic E-state index is -3.51. The monoisotopic (exact) mass is 434 g/mol. The van der Waals surface area contributed by atoms with E-state index in [1.165, 1.54) is 0 Å². The Labute approximate surface area is 161 Å². The van der Waals surface area contributed by atoms with Crippen LogP contribution >= 0.6 is 15.9 Å². The van der Waals surface area contributed by atoms with Gasteiger partial charge >= 0.3 is 0 Å². The molecule has 3 aromatic rings. The van der Waals surface area contributed by atoms with Crippen molar-refractivity contribution in [1.29, 1.82) is 0 Å². The predicted molar refractivity (Wildman–Crippen MR) is 103 cm³/mol. The molecule has 0 radical (unpaired) electrons. The van der Waals surface area contributed by atoms with Crippen molar-refractivity contribution in [3.63, 3.8) is 0 Å². The summed E-state index contributed by atoms with van der Waals surface area (Å²) in [4.78, 5) is 3.98.